The SMILES string of the molecule is CC(C)[Si](C#C/C1=C2\C=C[C](N2)/C(C#Cc2ccccc2)=c2/cc/c([nH]2)=C(\C#C[Si](C(C)C)(C(C)C)C(C)C)[C]2C=C/C(=C(\C#Cc3ccccc3)c3ccc1[nH]3)N2)(C(C)C)C(C)C. The molecular formula is C58H64N4Si2. The molecule has 4 nitrogen and oxygen atoms in total. The summed E-state index contributed by atoms with van der Waals surface area (Å²) in [5.74, 6) is 21.8. The van der Waals surface area contributed by atoms with Crippen molar-refractivity contribution in [3.8, 4) is 46.6 Å². The van der Waals surface area contributed by atoms with Crippen molar-refractivity contribution in [2.45, 2.75) is 116 Å². The summed E-state index contributed by atoms with van der Waals surface area (Å²) >= 11 is 0. The molecule has 0 unspecified atom stereocenters. The van der Waals surface area contributed by atoms with E-state index in [2.05, 4.69) is 223 Å². The Kier molecular flexibility index (Phi) is 13.9. The van der Waals surface area contributed by atoms with E-state index in [1.54, 1.807) is 0 Å². The van der Waals surface area contributed by atoms with Gasteiger partial charge in [0.1, 0.15) is 28.2 Å². The molecule has 2 aromatic heterocycles. The van der Waals surface area contributed by atoms with E-state index in [0.717, 1.165) is 79.0 Å². The van der Waals surface area contributed by atoms with Gasteiger partial charge in [-0.15, -0.1) is 11.1 Å². The maximum Gasteiger partial charge on any atom is 0.146 e. The number of rotatable bonds is 6. The van der Waals surface area contributed by atoms with Gasteiger partial charge >= 0.3 is 0 Å². The Hall–Kier alpha value is -6.03. The first-order chi connectivity index (χ1) is 30.6. The lowest BCUT2D eigenvalue weighted by Crippen LogP contribution is -2.43. The molecule has 0 fully saturated rings. The molecule has 0 saturated carbocycles. The fraction of sp³-hybridized carbons (Fsp3) is 0.310. The Morgan fingerprint density at radius 2 is 0.719 bits per heavy atom. The molecule has 6 heteroatoms. The highest BCUT2D eigenvalue weighted by molar-refractivity contribution is 6.91. The molecule has 3 aliphatic rings. The molecule has 0 aliphatic carbocycles. The van der Waals surface area contributed by atoms with Crippen molar-refractivity contribution in [2.24, 2.45) is 0 Å². The molecule has 5 heterocycles. The number of hydrogen-bond donors (Lipinski definition) is 4. The van der Waals surface area contributed by atoms with Gasteiger partial charge in [-0.25, -0.2) is 0 Å². The van der Waals surface area contributed by atoms with Crippen LogP contribution in [0.25, 0.3) is 22.3 Å². The molecule has 2 aromatic carbocycles. The van der Waals surface area contributed by atoms with Crippen LogP contribution in [-0.2, 0) is 0 Å². The second kappa shape index (κ2) is 19.4. The van der Waals surface area contributed by atoms with Gasteiger partial charge in [0, 0.05) is 11.1 Å². The minimum Gasteiger partial charge on any atom is -0.368 e. The predicted molar refractivity (Wildman–Crippen MR) is 277 cm³/mol. The summed E-state index contributed by atoms with van der Waals surface area (Å²) in [4.78, 5) is 7.66. The van der Waals surface area contributed by atoms with Crippen LogP contribution < -0.4 is 21.3 Å². The van der Waals surface area contributed by atoms with Gasteiger partial charge in [0.25, 0.3) is 0 Å². The van der Waals surface area contributed by atoms with Crippen molar-refractivity contribution in [2.75, 3.05) is 0 Å². The smallest absolute Gasteiger partial charge is 0.146 e. The molecule has 7 rings (SSSR count). The summed E-state index contributed by atoms with van der Waals surface area (Å²) < 4.78 is 0. The molecule has 324 valence electrons. The summed E-state index contributed by atoms with van der Waals surface area (Å²) in [6, 6.07) is 30.8. The van der Waals surface area contributed by atoms with E-state index in [9.17, 15) is 0 Å². The number of aromatic amines is 2. The second-order valence-electron chi connectivity index (χ2n) is 19.2. The maximum atomic E-state index is 4.03. The molecule has 0 spiro atoms. The first-order valence-corrected chi connectivity index (χ1v) is 27.6. The zero-order chi connectivity index (χ0) is 45.8. The topological polar surface area (TPSA) is 55.6 Å². The lowest BCUT2D eigenvalue weighted by atomic mass is 10.1. The minimum absolute atomic E-state index is 0.488. The van der Waals surface area contributed by atoms with Crippen LogP contribution in [0.15, 0.2) is 121 Å². The van der Waals surface area contributed by atoms with Crippen LogP contribution >= 0.6 is 0 Å². The van der Waals surface area contributed by atoms with E-state index >= 15 is 0 Å². The number of aromatic nitrogens is 2. The van der Waals surface area contributed by atoms with Gasteiger partial charge in [-0.1, -0.05) is 155 Å². The number of H-pyrrole nitrogens is 2. The molecule has 64 heavy (non-hydrogen) atoms. The van der Waals surface area contributed by atoms with Crippen molar-refractivity contribution in [1.29, 1.82) is 0 Å². The fourth-order valence-corrected chi connectivity index (χ4v) is 20.8. The largest absolute Gasteiger partial charge is 0.368 e. The summed E-state index contributed by atoms with van der Waals surface area (Å²) in [6.45, 7) is 28.4. The second-order valence-corrected chi connectivity index (χ2v) is 30.3. The van der Waals surface area contributed by atoms with Crippen LogP contribution in [0.3, 0.4) is 0 Å². The Morgan fingerprint density at radius 3 is 1.12 bits per heavy atom. The van der Waals surface area contributed by atoms with Gasteiger partial charge < -0.3 is 20.6 Å². The zero-order valence-electron chi connectivity index (χ0n) is 39.9. The average molecular weight is 873 g/mol. The molecule has 4 aromatic rings. The van der Waals surface area contributed by atoms with Crippen LogP contribution in [0.5, 0.6) is 0 Å². The number of nitrogens with one attached hydrogen (secondary N) is 4. The molecular weight excluding hydrogens is 809 g/mol. The molecule has 0 atom stereocenters. The van der Waals surface area contributed by atoms with Gasteiger partial charge in [-0.05, 0) is 106 Å². The van der Waals surface area contributed by atoms with Crippen molar-refractivity contribution in [3.05, 3.63) is 166 Å². The number of benzene rings is 2. The standard InChI is InChI=1S/C58H64N4Si2/c1-39(2)63(40(3)4,41(5)6)37-35-49-55-31-27-51(59-55)47(25-23-45-19-15-13-16-20-45)53-29-33-57(61-53)50(36-38-64(42(7)8,43(9)10)44(11)12)58-34-30-54(62-58)48(52-28-32-56(49)60-52)26-24-46-21-17-14-18-22-46/h13-22,27-34,39-44,59-62H,1-12H3/b51-47-,52-48-,55-49-,57-50-. The Bertz CT molecular complexity index is 2840. The third-order valence-electron chi connectivity index (χ3n) is 13.7. The van der Waals surface area contributed by atoms with Crippen molar-refractivity contribution in [3.63, 3.8) is 0 Å². The zero-order valence-corrected chi connectivity index (χ0v) is 41.9. The van der Waals surface area contributed by atoms with E-state index in [0.29, 0.717) is 33.2 Å². The maximum absolute atomic E-state index is 4.03. The van der Waals surface area contributed by atoms with Gasteiger partial charge in [-0.2, -0.15) is 0 Å². The van der Waals surface area contributed by atoms with Crippen LogP contribution in [0.2, 0.25) is 33.2 Å². The van der Waals surface area contributed by atoms with Gasteiger partial charge in [-0.3, -0.25) is 0 Å². The molecule has 0 saturated heterocycles. The van der Waals surface area contributed by atoms with Crippen molar-refractivity contribution >= 4 is 38.4 Å². The Morgan fingerprint density at radius 1 is 0.359 bits per heavy atom. The first kappa shape index (κ1) is 46.0. The highest BCUT2D eigenvalue weighted by Crippen LogP contribution is 2.42. The third kappa shape index (κ3) is 9.15. The lowest BCUT2D eigenvalue weighted by Gasteiger charge is -2.38. The van der Waals surface area contributed by atoms with Crippen molar-refractivity contribution < 1.29 is 0 Å². The third-order valence-corrected chi connectivity index (χ3v) is 26.2. The summed E-state index contributed by atoms with van der Waals surface area (Å²) in [7, 11) is -4.21. The van der Waals surface area contributed by atoms with E-state index in [1.807, 2.05) is 36.4 Å². The average Bonchev–Trinajstić information content (AvgIpc) is 4.11. The van der Waals surface area contributed by atoms with E-state index in [-0.39, 0.29) is 0 Å². The first-order valence-electron chi connectivity index (χ1n) is 23.1. The van der Waals surface area contributed by atoms with Crippen molar-refractivity contribution in [1.82, 2.24) is 20.6 Å². The summed E-state index contributed by atoms with van der Waals surface area (Å²) in [5, 5.41) is 9.51. The normalized spacial score (nSPS) is 19.3. The molecule has 2 radical (unpaired) electrons. The van der Waals surface area contributed by atoms with E-state index in [4.69, 9.17) is 0 Å². The quantitative estimate of drug-likeness (QED) is 0.115. The Balaban J connectivity index is 1.54. The number of allylic oxidation sites excluding steroid dienone is 4. The molecule has 0 amide bonds. The number of hydrogen-bond acceptors (Lipinski definition) is 2. The van der Waals surface area contributed by atoms with Crippen LogP contribution in [0.1, 0.15) is 106 Å². The molecule has 3 aliphatic heterocycles. The van der Waals surface area contributed by atoms with E-state index in [1.165, 1.54) is 0 Å². The van der Waals surface area contributed by atoms with Crippen LogP contribution in [0, 0.1) is 58.7 Å². The molecule has 4 N–H and O–H groups in total. The lowest BCUT2D eigenvalue weighted by molar-refractivity contribution is 0.838. The molecule has 8 bridgehead atoms. The summed E-state index contributed by atoms with van der Waals surface area (Å²) in [6.07, 6.45) is 8.60. The minimum atomic E-state index is -2.10. The fourth-order valence-electron chi connectivity index (χ4n) is 10.4. The Labute approximate surface area is 386 Å². The van der Waals surface area contributed by atoms with Crippen LogP contribution in [-0.4, -0.2) is 26.1 Å². The van der Waals surface area contributed by atoms with Crippen LogP contribution in [0.4, 0.5) is 0 Å². The summed E-state index contributed by atoms with van der Waals surface area (Å²) in [5.41, 5.74) is 20.2. The van der Waals surface area contributed by atoms with Gasteiger partial charge in [0.2, 0.25) is 0 Å². The predicted octanol–water partition coefficient (Wildman–Crippen LogP) is 11.7. The van der Waals surface area contributed by atoms with Gasteiger partial charge in [0.15, 0.2) is 0 Å². The monoisotopic (exact) mass is 872 g/mol. The van der Waals surface area contributed by atoms with Gasteiger partial charge in [0.05, 0.1) is 55.8 Å². The highest BCUT2D eigenvalue weighted by atomic mass is 28.3. The highest BCUT2D eigenvalue weighted by Gasteiger charge is 2.43. The van der Waals surface area contributed by atoms with E-state index < -0.39 is 16.1 Å². The number of fused-ring (bicyclic) bond motifs is 8.